The van der Waals surface area contributed by atoms with Gasteiger partial charge in [-0.3, -0.25) is 28.5 Å². The first-order chi connectivity index (χ1) is 44.0. The van der Waals surface area contributed by atoms with Crippen molar-refractivity contribution in [2.75, 3.05) is 39.4 Å². The average molecular weight is 1340 g/mol. The molecule has 0 bridgehead atoms. The van der Waals surface area contributed by atoms with Crippen molar-refractivity contribution in [1.82, 2.24) is 24.8 Å². The van der Waals surface area contributed by atoms with E-state index in [1.54, 1.807) is 58.4 Å². The second-order valence-electron chi connectivity index (χ2n) is 23.9. The van der Waals surface area contributed by atoms with Gasteiger partial charge in [0.05, 0.1) is 70.9 Å². The molecule has 0 aliphatic carbocycles. The second-order valence-corrected chi connectivity index (χ2v) is 32.3. The largest absolute Gasteiger partial charge is 0.695 e. The van der Waals surface area contributed by atoms with E-state index in [-0.39, 0.29) is 66.5 Å². The van der Waals surface area contributed by atoms with Gasteiger partial charge in [0.15, 0.2) is 49.9 Å². The number of imidazole rings is 1. The van der Waals surface area contributed by atoms with E-state index in [9.17, 15) is 29.1 Å². The fourth-order valence-corrected chi connectivity index (χ4v) is 14.7. The molecule has 484 valence electrons. The van der Waals surface area contributed by atoms with E-state index in [0.717, 1.165) is 5.56 Å². The number of ketones is 1. The summed E-state index contributed by atoms with van der Waals surface area (Å²) in [4.78, 5) is 73.1. The summed E-state index contributed by atoms with van der Waals surface area (Å²) in [7, 11) is -3.30. The minimum absolute atomic E-state index is 0.00625. The topological polar surface area (TPSA) is 297 Å². The summed E-state index contributed by atoms with van der Waals surface area (Å²) in [5.41, 5.74) is 1.39. The van der Waals surface area contributed by atoms with Crippen molar-refractivity contribution in [3.63, 3.8) is 0 Å². The van der Waals surface area contributed by atoms with Gasteiger partial charge < -0.3 is 47.8 Å². The lowest BCUT2D eigenvalue weighted by atomic mass is 9.80. The van der Waals surface area contributed by atoms with E-state index in [4.69, 9.17) is 63.0 Å². The number of halogens is 1. The minimum atomic E-state index is -4.38. The number of amides is 2. The molecule has 2 aromatic heterocycles. The molecule has 2 saturated heterocycles. The van der Waals surface area contributed by atoms with Crippen molar-refractivity contribution in [3.8, 4) is 17.6 Å². The molecule has 11 atom stereocenters. The van der Waals surface area contributed by atoms with Crippen LogP contribution in [-0.2, 0) is 63.5 Å². The predicted octanol–water partition coefficient (Wildman–Crippen LogP) is 10.8. The van der Waals surface area contributed by atoms with Crippen LogP contribution in [0.1, 0.15) is 103 Å². The lowest BCUT2D eigenvalue weighted by Gasteiger charge is -2.42. The molecule has 3 N–H and O–H groups in total. The molecule has 2 amide bonds. The zero-order valence-corrected chi connectivity index (χ0v) is 55.5. The monoisotopic (exact) mass is 1330 g/mol. The third-order valence-corrected chi connectivity index (χ3v) is 23.9. The Balaban J connectivity index is 1.05. The highest BCUT2D eigenvalue weighted by Gasteiger charge is 2.58. The van der Waals surface area contributed by atoms with Crippen LogP contribution >= 0.6 is 15.0 Å². The standard InChI is InChI=1S/C63H70FN9O15P2SSi/c1-37(2)59(75)71-48-31-45(74)51-58(70-48)73(36-69-51)61-56(55(88-92(8,9)62(3,4)5)46(85-61)33-81-63(39-19-14-11-15-20-39,40-21-25-42(79-6)26-22-40)41-23-27-43(80-7)28-24-41)87-90(91,82-30-16-29-65)83-34-47-54(86-89(77)78)49(64)53(84-47)44-32-66-52-50(44)67-35-68-57(52)72-60(76)38-17-12-10-13-18-38/h10-15,17-28,32,35-37,44,46-47,49,53-56,61H,16,30-31,33-34H2,1-9H3,(H2-,67,68,70,71,72,74,75,76,77,78)/p+1/t44?,46-,47-,49+,53+,54-,55-,56-,61-,90?/m1/s1. The molecule has 4 aliphatic rings. The van der Waals surface area contributed by atoms with E-state index in [2.05, 4.69) is 51.3 Å². The first-order valence-electron chi connectivity index (χ1n) is 29.6. The molecule has 3 unspecified atom stereocenters. The summed E-state index contributed by atoms with van der Waals surface area (Å²) >= 11 is 6.35. The third kappa shape index (κ3) is 14.4. The Bertz CT molecular complexity index is 3780. The highest BCUT2D eigenvalue weighted by molar-refractivity contribution is 8.07. The van der Waals surface area contributed by atoms with Gasteiger partial charge in [-0.2, -0.15) is 5.26 Å². The first kappa shape index (κ1) is 67.6. The number of fused-ring (bicyclic) bond motifs is 2. The van der Waals surface area contributed by atoms with Crippen LogP contribution in [0.2, 0.25) is 18.1 Å². The number of carbonyl (C=O) groups is 3. The molecule has 0 spiro atoms. The molecule has 2 fully saturated rings. The van der Waals surface area contributed by atoms with E-state index >= 15 is 4.39 Å². The highest BCUT2D eigenvalue weighted by Crippen LogP contribution is 2.57. The number of anilines is 1. The number of amidine groups is 1. The van der Waals surface area contributed by atoms with E-state index < -0.39 is 113 Å². The Morgan fingerprint density at radius 1 is 0.870 bits per heavy atom. The van der Waals surface area contributed by atoms with Gasteiger partial charge >= 0.3 is 15.0 Å². The molecule has 4 aliphatic heterocycles. The Kier molecular flexibility index (Phi) is 21.0. The van der Waals surface area contributed by atoms with Gasteiger partial charge in [0.2, 0.25) is 5.91 Å². The van der Waals surface area contributed by atoms with E-state index in [0.29, 0.717) is 28.2 Å². The number of aromatic nitrogens is 4. The minimum Gasteiger partial charge on any atom is -0.497 e. The number of hydrogen-bond donors (Lipinski definition) is 3. The SMILES string of the molecule is COc1ccc(C(OC[C@H]2O[C@@H](n3cnc4c3N=C(NC(=O)C(C)C)CC4=O)[C@H](OP(=S)(OCCC#N)OC[C@H]3O[C@@H](C4C=Nc5c(NC(=O)c6ccccc6)ncnc54)[C@H](F)[C@@H]3O[P+](=O)O)[C@@H]2O[Si](C)(C)C(C)(C)C)(c2ccccc2)c2ccc(OC)cc2)cc1. The Morgan fingerprint density at radius 2 is 1.50 bits per heavy atom. The Labute approximate surface area is 538 Å². The summed E-state index contributed by atoms with van der Waals surface area (Å²) in [5, 5.41) is 14.9. The van der Waals surface area contributed by atoms with Gasteiger partial charge in [0, 0.05) is 22.3 Å². The Morgan fingerprint density at radius 3 is 2.11 bits per heavy atom. The third-order valence-electron chi connectivity index (χ3n) is 16.6. The molecule has 0 saturated carbocycles. The van der Waals surface area contributed by atoms with Crippen molar-refractivity contribution in [1.29, 1.82) is 5.26 Å². The number of nitrogens with zero attached hydrogens (tertiary/aromatic N) is 7. The fraction of sp³-hybridized carbons (Fsp3) is 0.413. The van der Waals surface area contributed by atoms with Crippen molar-refractivity contribution in [2.45, 2.75) is 126 Å². The number of hydrogen-bond acceptors (Lipinski definition) is 21. The molecule has 92 heavy (non-hydrogen) atoms. The lowest BCUT2D eigenvalue weighted by molar-refractivity contribution is -0.122. The predicted molar refractivity (Wildman–Crippen MR) is 342 cm³/mol. The molecule has 10 rings (SSSR count). The highest BCUT2D eigenvalue weighted by atomic mass is 32.5. The summed E-state index contributed by atoms with van der Waals surface area (Å²) in [6.45, 7) is 7.99. The molecule has 29 heteroatoms. The molecule has 24 nitrogen and oxygen atoms in total. The van der Waals surface area contributed by atoms with Gasteiger partial charge in [-0.15, -0.1) is 9.42 Å². The molecular formula is C63H71FN9O15P2SSi+. The zero-order chi connectivity index (χ0) is 65.7. The van der Waals surface area contributed by atoms with Crippen LogP contribution in [0.4, 0.5) is 21.7 Å². The summed E-state index contributed by atoms with van der Waals surface area (Å²) in [6.07, 6.45) is -8.50. The van der Waals surface area contributed by atoms with Crippen LogP contribution in [0.25, 0.3) is 0 Å². The molecule has 0 radical (unpaired) electrons. The number of alkyl halides is 1. The second kappa shape index (κ2) is 28.5. The molecule has 6 aromatic rings. The number of Topliss-reactive ketones (excluding diaryl/α,β-unsaturated/α-hetero) is 1. The van der Waals surface area contributed by atoms with Crippen LogP contribution in [-0.4, -0.2) is 139 Å². The number of carbonyl (C=O) groups excluding carboxylic acids is 3. The van der Waals surface area contributed by atoms with Gasteiger partial charge in [0.1, 0.15) is 65.5 Å². The van der Waals surface area contributed by atoms with Crippen molar-refractivity contribution in [3.05, 3.63) is 155 Å². The van der Waals surface area contributed by atoms with Gasteiger partial charge in [-0.1, -0.05) is 107 Å². The number of benzene rings is 4. The molecular weight excluding hydrogens is 1260 g/mol. The summed E-state index contributed by atoms with van der Waals surface area (Å²) < 4.78 is 96.6. The fourth-order valence-electron chi connectivity index (χ4n) is 10.8. The van der Waals surface area contributed by atoms with Crippen molar-refractivity contribution < 1.29 is 74.4 Å². The van der Waals surface area contributed by atoms with Crippen LogP contribution < -0.4 is 20.1 Å². The van der Waals surface area contributed by atoms with Gasteiger partial charge in [0.25, 0.3) is 5.91 Å². The Hall–Kier alpha value is -7.25. The number of methoxy groups -OCH3 is 2. The first-order valence-corrected chi connectivity index (χ1v) is 36.2. The molecule has 6 heterocycles. The summed E-state index contributed by atoms with van der Waals surface area (Å²) in [6, 6.07) is 35.0. The van der Waals surface area contributed by atoms with Crippen LogP contribution in [0, 0.1) is 17.2 Å². The quantitative estimate of drug-likeness (QED) is 0.0208. The number of aliphatic imine (C=N–C) groups is 2. The number of nitriles is 1. The number of ether oxygens (including phenoxy) is 5. The number of nitrogens with one attached hydrogen (secondary N) is 2. The van der Waals surface area contributed by atoms with Gasteiger partial charge in [-0.05, 0) is 83.0 Å². The van der Waals surface area contributed by atoms with Crippen LogP contribution in [0.3, 0.4) is 0 Å². The maximum absolute atomic E-state index is 17.2. The van der Waals surface area contributed by atoms with Crippen molar-refractivity contribution in [2.24, 2.45) is 15.9 Å². The number of rotatable bonds is 25. The van der Waals surface area contributed by atoms with E-state index in [1.807, 2.05) is 98.0 Å². The van der Waals surface area contributed by atoms with E-state index in [1.165, 1.54) is 23.4 Å². The smallest absolute Gasteiger partial charge is 0.497 e. The van der Waals surface area contributed by atoms with Crippen molar-refractivity contribution >= 4 is 82.1 Å². The zero-order valence-electron chi connectivity index (χ0n) is 51.9. The lowest BCUT2D eigenvalue weighted by Crippen LogP contribution is -2.51. The maximum Gasteiger partial charge on any atom is 0.695 e. The van der Waals surface area contributed by atoms with Gasteiger partial charge in [-0.25, -0.2) is 24.3 Å². The maximum atomic E-state index is 17.2. The molecule has 4 aromatic carbocycles. The van der Waals surface area contributed by atoms with Crippen LogP contribution in [0.15, 0.2) is 132 Å². The normalized spacial score (nSPS) is 22.9. The van der Waals surface area contributed by atoms with Crippen LogP contribution in [0.5, 0.6) is 11.5 Å². The summed E-state index contributed by atoms with van der Waals surface area (Å²) in [5.74, 6) is -1.50. The average Bonchev–Trinajstić information content (AvgIpc) is 1.40.